The molecule has 0 spiro atoms. The highest BCUT2D eigenvalue weighted by molar-refractivity contribution is 5.90. The van der Waals surface area contributed by atoms with Crippen LogP contribution in [0.2, 0.25) is 0 Å². The van der Waals surface area contributed by atoms with Gasteiger partial charge in [-0.3, -0.25) is 14.5 Å². The molecule has 0 radical (unpaired) electrons. The first kappa shape index (κ1) is 26.1. The number of carboxylic acids is 1. The van der Waals surface area contributed by atoms with Gasteiger partial charge in [0, 0.05) is 18.7 Å². The molecule has 0 saturated carbocycles. The van der Waals surface area contributed by atoms with Crippen LogP contribution in [0.5, 0.6) is 0 Å². The molecule has 1 aliphatic heterocycles. The quantitative estimate of drug-likeness (QED) is 0.557. The molecule has 30 heavy (non-hydrogen) atoms. The van der Waals surface area contributed by atoms with E-state index >= 15 is 0 Å². The highest BCUT2D eigenvalue weighted by Gasteiger charge is 2.35. The molecule has 0 aliphatic carbocycles. The third-order valence-electron chi connectivity index (χ3n) is 5.98. The van der Waals surface area contributed by atoms with Crippen molar-refractivity contribution in [3.05, 3.63) is 11.6 Å². The number of rotatable bonds is 9. The number of nitrogens with zero attached hydrogens (tertiary/aromatic N) is 2. The Bertz CT molecular complexity index is 642. The minimum atomic E-state index is -0.999. The second kappa shape index (κ2) is 11.5. The van der Waals surface area contributed by atoms with Gasteiger partial charge in [0.15, 0.2) is 0 Å². The molecule has 3 atom stereocenters. The summed E-state index contributed by atoms with van der Waals surface area (Å²) in [5, 5.41) is 12.2. The van der Waals surface area contributed by atoms with Crippen LogP contribution in [0.3, 0.4) is 0 Å². The van der Waals surface area contributed by atoms with Crippen molar-refractivity contribution in [3.63, 3.8) is 0 Å². The van der Waals surface area contributed by atoms with E-state index in [1.807, 2.05) is 27.7 Å². The molecule has 0 bridgehead atoms. The number of hydrogen-bond acceptors (Lipinski definition) is 4. The van der Waals surface area contributed by atoms with Gasteiger partial charge in [0.1, 0.15) is 6.04 Å². The number of likely N-dealkylation sites (tertiary alicyclic amines) is 1. The number of carboxylic acid groups (broad SMARTS) is 1. The molecule has 7 heteroatoms. The lowest BCUT2D eigenvalue weighted by molar-refractivity contribution is -0.140. The number of carbonyl (C=O) groups excluding carboxylic acids is 2. The normalized spacial score (nSPS) is 20.4. The van der Waals surface area contributed by atoms with Gasteiger partial charge >= 0.3 is 5.97 Å². The molecule has 2 N–H and O–H groups in total. The minimum Gasteiger partial charge on any atom is -0.478 e. The fraction of sp³-hybridized carbons (Fsp3) is 0.783. The Morgan fingerprint density at radius 1 is 1.07 bits per heavy atom. The van der Waals surface area contributed by atoms with Crippen LogP contribution >= 0.6 is 0 Å². The van der Waals surface area contributed by atoms with E-state index < -0.39 is 12.0 Å². The summed E-state index contributed by atoms with van der Waals surface area (Å²) >= 11 is 0. The van der Waals surface area contributed by atoms with Crippen molar-refractivity contribution < 1.29 is 19.5 Å². The van der Waals surface area contributed by atoms with Crippen molar-refractivity contribution in [2.45, 2.75) is 91.9 Å². The average Bonchev–Trinajstić information content (AvgIpc) is 2.67. The van der Waals surface area contributed by atoms with Crippen molar-refractivity contribution >= 4 is 17.8 Å². The highest BCUT2D eigenvalue weighted by atomic mass is 16.4. The van der Waals surface area contributed by atoms with E-state index in [4.69, 9.17) is 0 Å². The summed E-state index contributed by atoms with van der Waals surface area (Å²) in [6.07, 6.45) is 4.51. The van der Waals surface area contributed by atoms with Gasteiger partial charge in [0.05, 0.1) is 12.1 Å². The molecule has 1 aliphatic rings. The van der Waals surface area contributed by atoms with Crippen LogP contribution < -0.4 is 5.32 Å². The third-order valence-corrected chi connectivity index (χ3v) is 5.98. The standard InChI is InChI=1S/C23H41N3O4/c1-14(2)19(13-17(7)23(29)30)25(8)22(28)20(15(3)4)24-21(27)18-11-9-10-12-26(18)16(5)6/h13-16,18-20H,9-12H2,1-8H3,(H,24,27)(H,29,30)/t18?,19-,20+/m1/s1. The Morgan fingerprint density at radius 3 is 2.13 bits per heavy atom. The lowest BCUT2D eigenvalue weighted by Crippen LogP contribution is -2.58. The Balaban J connectivity index is 3.04. The molecule has 1 unspecified atom stereocenters. The Kier molecular flexibility index (Phi) is 10.0. The predicted octanol–water partition coefficient (Wildman–Crippen LogP) is 2.90. The molecule has 1 saturated heterocycles. The topological polar surface area (TPSA) is 90.0 Å². The van der Waals surface area contributed by atoms with E-state index in [9.17, 15) is 19.5 Å². The maximum Gasteiger partial charge on any atom is 0.331 e. The zero-order chi connectivity index (χ0) is 23.2. The molecule has 0 aromatic heterocycles. The smallest absolute Gasteiger partial charge is 0.331 e. The summed E-state index contributed by atoms with van der Waals surface area (Å²) in [6, 6.07) is -0.966. The van der Waals surface area contributed by atoms with Gasteiger partial charge in [-0.2, -0.15) is 0 Å². The van der Waals surface area contributed by atoms with Gasteiger partial charge in [-0.25, -0.2) is 4.79 Å². The molecular formula is C23H41N3O4. The van der Waals surface area contributed by atoms with Gasteiger partial charge in [-0.05, 0) is 52.0 Å². The van der Waals surface area contributed by atoms with Crippen molar-refractivity contribution in [3.8, 4) is 0 Å². The molecule has 7 nitrogen and oxygen atoms in total. The predicted molar refractivity (Wildman–Crippen MR) is 119 cm³/mol. The van der Waals surface area contributed by atoms with Crippen molar-refractivity contribution in [2.75, 3.05) is 13.6 Å². The first-order valence-electron chi connectivity index (χ1n) is 11.1. The van der Waals surface area contributed by atoms with Gasteiger partial charge in [0.25, 0.3) is 0 Å². The van der Waals surface area contributed by atoms with E-state index in [-0.39, 0.29) is 47.3 Å². The van der Waals surface area contributed by atoms with Crippen LogP contribution in [0.1, 0.15) is 67.7 Å². The summed E-state index contributed by atoms with van der Waals surface area (Å²) in [5.41, 5.74) is 0.202. The Labute approximate surface area is 181 Å². The third kappa shape index (κ3) is 6.83. The molecule has 0 aromatic rings. The highest BCUT2D eigenvalue weighted by Crippen LogP contribution is 2.21. The minimum absolute atomic E-state index is 0.0338. The second-order valence-electron chi connectivity index (χ2n) is 9.41. The van der Waals surface area contributed by atoms with Crippen LogP contribution in [0.25, 0.3) is 0 Å². The largest absolute Gasteiger partial charge is 0.478 e. The van der Waals surface area contributed by atoms with E-state index in [1.165, 1.54) is 6.92 Å². The number of carbonyl (C=O) groups is 3. The van der Waals surface area contributed by atoms with E-state index in [2.05, 4.69) is 24.1 Å². The fourth-order valence-corrected chi connectivity index (χ4v) is 4.06. The molecule has 1 heterocycles. The van der Waals surface area contributed by atoms with Crippen LogP contribution in [-0.4, -0.2) is 70.4 Å². The second-order valence-corrected chi connectivity index (χ2v) is 9.41. The van der Waals surface area contributed by atoms with Gasteiger partial charge in [-0.1, -0.05) is 40.2 Å². The monoisotopic (exact) mass is 423 g/mol. The van der Waals surface area contributed by atoms with Crippen LogP contribution in [0.4, 0.5) is 0 Å². The van der Waals surface area contributed by atoms with Crippen molar-refractivity contribution in [2.24, 2.45) is 11.8 Å². The van der Waals surface area contributed by atoms with Crippen molar-refractivity contribution in [1.82, 2.24) is 15.1 Å². The molecule has 1 fully saturated rings. The van der Waals surface area contributed by atoms with Gasteiger partial charge < -0.3 is 15.3 Å². The SMILES string of the molecule is CC(=C[C@H](C(C)C)N(C)C(=O)[C@@H](NC(=O)C1CCCCN1C(C)C)C(C)C)C(=O)O. The van der Waals surface area contributed by atoms with Crippen LogP contribution in [0, 0.1) is 11.8 Å². The van der Waals surface area contributed by atoms with E-state index in [0.29, 0.717) is 0 Å². The van der Waals surface area contributed by atoms with Crippen LogP contribution in [-0.2, 0) is 14.4 Å². The molecule has 172 valence electrons. The number of nitrogens with one attached hydrogen (secondary N) is 1. The number of piperidine rings is 1. The molecule has 2 amide bonds. The Morgan fingerprint density at radius 2 is 1.67 bits per heavy atom. The van der Waals surface area contributed by atoms with Crippen LogP contribution in [0.15, 0.2) is 11.6 Å². The van der Waals surface area contributed by atoms with Gasteiger partial charge in [-0.15, -0.1) is 0 Å². The molecular weight excluding hydrogens is 382 g/mol. The summed E-state index contributed by atoms with van der Waals surface area (Å²) < 4.78 is 0. The first-order valence-corrected chi connectivity index (χ1v) is 11.1. The maximum atomic E-state index is 13.3. The number of likely N-dealkylation sites (N-methyl/N-ethyl adjacent to an activating group) is 1. The molecule has 1 rings (SSSR count). The summed E-state index contributed by atoms with van der Waals surface area (Å²) in [4.78, 5) is 41.5. The zero-order valence-electron chi connectivity index (χ0n) is 19.9. The summed E-state index contributed by atoms with van der Waals surface area (Å²) in [5.74, 6) is -1.34. The first-order chi connectivity index (χ1) is 13.9. The fourth-order valence-electron chi connectivity index (χ4n) is 4.06. The average molecular weight is 424 g/mol. The van der Waals surface area contributed by atoms with E-state index in [1.54, 1.807) is 18.0 Å². The van der Waals surface area contributed by atoms with E-state index in [0.717, 1.165) is 25.8 Å². The number of amides is 2. The maximum absolute atomic E-state index is 13.3. The van der Waals surface area contributed by atoms with Gasteiger partial charge in [0.2, 0.25) is 11.8 Å². The lowest BCUT2D eigenvalue weighted by Gasteiger charge is -2.39. The lowest BCUT2D eigenvalue weighted by atomic mass is 9.95. The Hall–Kier alpha value is -1.89. The number of hydrogen-bond donors (Lipinski definition) is 2. The summed E-state index contributed by atoms with van der Waals surface area (Å²) in [6.45, 7) is 14.3. The zero-order valence-corrected chi connectivity index (χ0v) is 19.9. The summed E-state index contributed by atoms with van der Waals surface area (Å²) in [7, 11) is 1.68. The number of aliphatic carboxylic acids is 1. The van der Waals surface area contributed by atoms with Crippen molar-refractivity contribution in [1.29, 1.82) is 0 Å². The molecule has 0 aromatic carbocycles.